The molecule has 2 aliphatic heterocycles. The Hall–Kier alpha value is -2.38. The average molecular weight is 386 g/mol. The largest absolute Gasteiger partial charge is 0.489 e. The Bertz CT molecular complexity index is 794. The Morgan fingerprint density at radius 2 is 1.82 bits per heavy atom. The maximum atomic E-state index is 12.6. The Morgan fingerprint density at radius 1 is 1.14 bits per heavy atom. The number of nitrogens with zero attached hydrogens (tertiary/aromatic N) is 2. The summed E-state index contributed by atoms with van der Waals surface area (Å²) in [6, 6.07) is 7.67. The lowest BCUT2D eigenvalue weighted by atomic mass is 10.0. The predicted octanol–water partition coefficient (Wildman–Crippen LogP) is 2.78. The van der Waals surface area contributed by atoms with E-state index in [-0.39, 0.29) is 5.91 Å². The minimum atomic E-state index is -0.447. The molecule has 3 heterocycles. The van der Waals surface area contributed by atoms with E-state index in [4.69, 9.17) is 18.7 Å². The van der Waals surface area contributed by atoms with Crippen molar-refractivity contribution >= 4 is 5.91 Å². The first-order valence-electron chi connectivity index (χ1n) is 9.74. The zero-order chi connectivity index (χ0) is 19.6. The molecular weight excluding hydrogens is 360 g/mol. The van der Waals surface area contributed by atoms with Gasteiger partial charge in [0.15, 0.2) is 5.79 Å². The van der Waals surface area contributed by atoms with Crippen molar-refractivity contribution in [3.05, 3.63) is 46.8 Å². The van der Waals surface area contributed by atoms with Crippen LogP contribution in [0.5, 0.6) is 5.75 Å². The van der Waals surface area contributed by atoms with Crippen LogP contribution in [0.15, 0.2) is 28.8 Å². The summed E-state index contributed by atoms with van der Waals surface area (Å²) in [6.45, 7) is 6.85. The monoisotopic (exact) mass is 386 g/mol. The van der Waals surface area contributed by atoms with E-state index in [9.17, 15) is 4.79 Å². The third-order valence-electron chi connectivity index (χ3n) is 5.53. The summed E-state index contributed by atoms with van der Waals surface area (Å²) >= 11 is 0. The van der Waals surface area contributed by atoms with Gasteiger partial charge in [-0.25, -0.2) is 0 Å². The fraction of sp³-hybridized carbons (Fsp3) is 0.524. The molecule has 0 N–H and O–H groups in total. The Balaban J connectivity index is 1.28. The van der Waals surface area contributed by atoms with Crippen molar-refractivity contribution in [3.63, 3.8) is 0 Å². The molecule has 2 aromatic rings. The molecule has 1 spiro atoms. The van der Waals surface area contributed by atoms with Crippen molar-refractivity contribution in [3.8, 4) is 5.75 Å². The van der Waals surface area contributed by atoms with Gasteiger partial charge in [-0.3, -0.25) is 4.79 Å². The van der Waals surface area contributed by atoms with Crippen molar-refractivity contribution in [2.24, 2.45) is 0 Å². The van der Waals surface area contributed by atoms with Gasteiger partial charge in [0, 0.05) is 25.9 Å². The molecule has 0 saturated carbocycles. The molecule has 7 heteroatoms. The lowest BCUT2D eigenvalue weighted by molar-refractivity contribution is -0.187. The molecule has 0 unspecified atom stereocenters. The molecule has 1 aromatic heterocycles. The number of carbonyl (C=O) groups excluding carboxylic acids is 1. The van der Waals surface area contributed by atoms with Crippen LogP contribution < -0.4 is 4.74 Å². The molecule has 2 aliphatic rings. The zero-order valence-electron chi connectivity index (χ0n) is 16.4. The highest BCUT2D eigenvalue weighted by molar-refractivity contribution is 5.78. The van der Waals surface area contributed by atoms with Crippen LogP contribution >= 0.6 is 0 Å². The van der Waals surface area contributed by atoms with Gasteiger partial charge >= 0.3 is 0 Å². The summed E-state index contributed by atoms with van der Waals surface area (Å²) in [4.78, 5) is 14.5. The number of piperidine rings is 1. The summed E-state index contributed by atoms with van der Waals surface area (Å²) in [5.41, 5.74) is 2.79. The highest BCUT2D eigenvalue weighted by atomic mass is 16.7. The summed E-state index contributed by atoms with van der Waals surface area (Å²) in [7, 11) is 0. The number of aromatic nitrogens is 1. The molecule has 0 radical (unpaired) electrons. The molecule has 1 aromatic carbocycles. The number of benzene rings is 1. The SMILES string of the molecule is Cc1noc(C)c1COc1ccc(CC(=O)N2CCC3(CC2)OCCO3)cc1. The van der Waals surface area contributed by atoms with E-state index in [0.717, 1.165) is 41.2 Å². The van der Waals surface area contributed by atoms with Crippen molar-refractivity contribution in [2.75, 3.05) is 26.3 Å². The van der Waals surface area contributed by atoms with Crippen LogP contribution in [0.25, 0.3) is 0 Å². The molecule has 4 rings (SSSR count). The highest BCUT2D eigenvalue weighted by Gasteiger charge is 2.40. The molecule has 2 fully saturated rings. The second-order valence-corrected chi connectivity index (χ2v) is 7.40. The van der Waals surface area contributed by atoms with Crippen LogP contribution in [-0.2, 0) is 27.3 Å². The van der Waals surface area contributed by atoms with E-state index in [1.165, 1.54) is 0 Å². The summed E-state index contributed by atoms with van der Waals surface area (Å²) in [5.74, 6) is 1.22. The van der Waals surface area contributed by atoms with Gasteiger partial charge in [0.2, 0.25) is 5.91 Å². The summed E-state index contributed by atoms with van der Waals surface area (Å²) in [5, 5.41) is 3.93. The molecule has 0 aliphatic carbocycles. The molecule has 1 amide bonds. The quantitative estimate of drug-likeness (QED) is 0.787. The standard InChI is InChI=1S/C21H26N2O5/c1-15-19(16(2)28-22-15)14-25-18-5-3-17(4-6-18)13-20(24)23-9-7-21(8-10-23)26-11-12-27-21/h3-6H,7-14H2,1-2H3. The summed E-state index contributed by atoms with van der Waals surface area (Å²) < 4.78 is 22.4. The molecule has 0 atom stereocenters. The highest BCUT2D eigenvalue weighted by Crippen LogP contribution is 2.31. The molecule has 7 nitrogen and oxygen atoms in total. The second kappa shape index (κ2) is 7.93. The second-order valence-electron chi connectivity index (χ2n) is 7.40. The van der Waals surface area contributed by atoms with Crippen molar-refractivity contribution in [2.45, 2.75) is 45.5 Å². The van der Waals surface area contributed by atoms with Crippen molar-refractivity contribution < 1.29 is 23.5 Å². The number of hydrogen-bond donors (Lipinski definition) is 0. The van der Waals surface area contributed by atoms with Crippen LogP contribution in [0.3, 0.4) is 0 Å². The Kier molecular flexibility index (Phi) is 5.37. The minimum Gasteiger partial charge on any atom is -0.489 e. The predicted molar refractivity (Wildman–Crippen MR) is 101 cm³/mol. The van der Waals surface area contributed by atoms with E-state index in [2.05, 4.69) is 5.16 Å². The molecule has 2 saturated heterocycles. The van der Waals surface area contributed by atoms with Gasteiger partial charge in [-0.2, -0.15) is 0 Å². The van der Waals surface area contributed by atoms with E-state index in [1.54, 1.807) is 0 Å². The van der Waals surface area contributed by atoms with Crippen LogP contribution in [0.2, 0.25) is 0 Å². The van der Waals surface area contributed by atoms with Gasteiger partial charge in [-0.1, -0.05) is 17.3 Å². The Morgan fingerprint density at radius 3 is 2.43 bits per heavy atom. The first-order valence-corrected chi connectivity index (χ1v) is 9.74. The fourth-order valence-corrected chi connectivity index (χ4v) is 3.74. The maximum Gasteiger partial charge on any atom is 0.226 e. The fourth-order valence-electron chi connectivity index (χ4n) is 3.74. The van der Waals surface area contributed by atoms with Gasteiger partial charge < -0.3 is 23.6 Å². The number of rotatable bonds is 5. The maximum absolute atomic E-state index is 12.6. The van der Waals surface area contributed by atoms with Crippen molar-refractivity contribution in [1.82, 2.24) is 10.1 Å². The average Bonchev–Trinajstić information content (AvgIpc) is 3.28. The third kappa shape index (κ3) is 4.05. The molecular formula is C21H26N2O5. The van der Waals surface area contributed by atoms with Gasteiger partial charge in [-0.15, -0.1) is 0 Å². The van der Waals surface area contributed by atoms with E-state index in [0.29, 0.717) is 39.3 Å². The molecule has 150 valence electrons. The Labute approximate surface area is 164 Å². The number of amides is 1. The molecule has 28 heavy (non-hydrogen) atoms. The van der Waals surface area contributed by atoms with Gasteiger partial charge in [0.25, 0.3) is 0 Å². The van der Waals surface area contributed by atoms with Crippen LogP contribution in [0, 0.1) is 13.8 Å². The minimum absolute atomic E-state index is 0.136. The van der Waals surface area contributed by atoms with Gasteiger partial charge in [0.05, 0.1) is 30.9 Å². The van der Waals surface area contributed by atoms with Crippen LogP contribution in [0.4, 0.5) is 0 Å². The van der Waals surface area contributed by atoms with E-state index >= 15 is 0 Å². The lowest BCUT2D eigenvalue weighted by Crippen LogP contribution is -2.47. The number of aryl methyl sites for hydroxylation is 2. The number of carbonyl (C=O) groups is 1. The van der Waals surface area contributed by atoms with E-state index in [1.807, 2.05) is 43.0 Å². The van der Waals surface area contributed by atoms with Crippen molar-refractivity contribution in [1.29, 1.82) is 0 Å². The normalized spacial score (nSPS) is 18.6. The smallest absolute Gasteiger partial charge is 0.226 e. The summed E-state index contributed by atoms with van der Waals surface area (Å²) in [6.07, 6.45) is 1.87. The third-order valence-corrected chi connectivity index (χ3v) is 5.53. The van der Waals surface area contributed by atoms with E-state index < -0.39 is 5.79 Å². The zero-order valence-corrected chi connectivity index (χ0v) is 16.4. The lowest BCUT2D eigenvalue weighted by Gasteiger charge is -2.37. The van der Waals surface area contributed by atoms with Crippen LogP contribution in [-0.4, -0.2) is 48.1 Å². The van der Waals surface area contributed by atoms with Gasteiger partial charge in [0.1, 0.15) is 18.1 Å². The topological polar surface area (TPSA) is 74.0 Å². The van der Waals surface area contributed by atoms with Gasteiger partial charge in [-0.05, 0) is 31.5 Å². The first-order chi connectivity index (χ1) is 13.5. The van der Waals surface area contributed by atoms with Crippen LogP contribution in [0.1, 0.15) is 35.4 Å². The number of hydrogen-bond acceptors (Lipinski definition) is 6. The molecule has 0 bridgehead atoms. The number of ether oxygens (including phenoxy) is 3. The first kappa shape index (κ1) is 19.0. The number of likely N-dealkylation sites (tertiary alicyclic amines) is 1.